The maximum absolute atomic E-state index is 10.3. The lowest BCUT2D eigenvalue weighted by Crippen LogP contribution is -2.63. The summed E-state index contributed by atoms with van der Waals surface area (Å²) >= 11 is 0. The van der Waals surface area contributed by atoms with Crippen LogP contribution in [0.1, 0.15) is 38.5 Å². The highest BCUT2D eigenvalue weighted by Crippen LogP contribution is 2.36. The van der Waals surface area contributed by atoms with Gasteiger partial charge in [0, 0.05) is 26.1 Å². The summed E-state index contributed by atoms with van der Waals surface area (Å²) in [5.74, 6) is 0.907. The van der Waals surface area contributed by atoms with Gasteiger partial charge in [0.15, 0.2) is 0 Å². The number of hydrogen-bond acceptors (Lipinski definition) is 5. The Morgan fingerprint density at radius 3 is 2.65 bits per heavy atom. The third-order valence-electron chi connectivity index (χ3n) is 5.79. The Balaban J connectivity index is 1.14. The normalized spacial score (nSPS) is 27.3. The van der Waals surface area contributed by atoms with E-state index in [9.17, 15) is 5.11 Å². The fourth-order valence-corrected chi connectivity index (χ4v) is 4.52. The number of benzene rings is 1. The van der Waals surface area contributed by atoms with Gasteiger partial charge in [-0.3, -0.25) is 4.90 Å². The average molecular weight is 361 g/mol. The van der Waals surface area contributed by atoms with Gasteiger partial charge in [0.25, 0.3) is 0 Å². The molecule has 0 bridgehead atoms. The lowest BCUT2D eigenvalue weighted by atomic mass is 9.90. The van der Waals surface area contributed by atoms with Crippen molar-refractivity contribution in [3.05, 3.63) is 30.3 Å². The molecule has 2 atom stereocenters. The lowest BCUT2D eigenvalue weighted by molar-refractivity contribution is -0.126. The molecule has 144 valence electrons. The maximum atomic E-state index is 10.3. The van der Waals surface area contributed by atoms with E-state index < -0.39 is 6.10 Å². The van der Waals surface area contributed by atoms with Crippen molar-refractivity contribution in [2.24, 2.45) is 0 Å². The molecule has 1 unspecified atom stereocenters. The Morgan fingerprint density at radius 2 is 1.88 bits per heavy atom. The van der Waals surface area contributed by atoms with Gasteiger partial charge in [-0.05, 0) is 25.0 Å². The van der Waals surface area contributed by atoms with Gasteiger partial charge < -0.3 is 19.3 Å². The monoisotopic (exact) mass is 361 g/mol. The highest BCUT2D eigenvalue weighted by atomic mass is 16.6. The molecule has 1 aromatic carbocycles. The van der Waals surface area contributed by atoms with Gasteiger partial charge in [0.1, 0.15) is 11.9 Å². The van der Waals surface area contributed by atoms with Gasteiger partial charge in [-0.1, -0.05) is 37.5 Å². The van der Waals surface area contributed by atoms with Crippen LogP contribution in [0.15, 0.2) is 30.3 Å². The summed E-state index contributed by atoms with van der Waals surface area (Å²) in [5, 5.41) is 10.3. The van der Waals surface area contributed by atoms with Crippen molar-refractivity contribution < 1.29 is 19.3 Å². The van der Waals surface area contributed by atoms with Crippen molar-refractivity contribution in [2.75, 3.05) is 32.8 Å². The van der Waals surface area contributed by atoms with E-state index >= 15 is 0 Å². The predicted octanol–water partition coefficient (Wildman–Crippen LogP) is 2.62. The van der Waals surface area contributed by atoms with Crippen LogP contribution in [0, 0.1) is 0 Å². The Kier molecular flexibility index (Phi) is 5.79. The quantitative estimate of drug-likeness (QED) is 0.809. The van der Waals surface area contributed by atoms with Crippen LogP contribution >= 0.6 is 0 Å². The van der Waals surface area contributed by atoms with Gasteiger partial charge in [0.05, 0.1) is 31.0 Å². The lowest BCUT2D eigenvalue weighted by Gasteiger charge is -2.47. The number of β-amino-alcohol motifs (C(OH)–C–C–N with tert-alkyl or cyclic N) is 1. The summed E-state index contributed by atoms with van der Waals surface area (Å²) in [5.41, 5.74) is -0.0800. The molecule has 5 nitrogen and oxygen atoms in total. The topological polar surface area (TPSA) is 51.2 Å². The molecule has 1 saturated carbocycles. The minimum atomic E-state index is -0.410. The molecule has 1 N–H and O–H groups in total. The molecule has 0 amide bonds. The molecule has 0 aromatic heterocycles. The third kappa shape index (κ3) is 4.58. The summed E-state index contributed by atoms with van der Waals surface area (Å²) in [7, 11) is 0. The minimum absolute atomic E-state index is 0.0800. The first-order valence-electron chi connectivity index (χ1n) is 10.1. The fourth-order valence-electron chi connectivity index (χ4n) is 4.52. The van der Waals surface area contributed by atoms with Crippen LogP contribution < -0.4 is 4.74 Å². The van der Waals surface area contributed by atoms with Crippen molar-refractivity contribution in [3.63, 3.8) is 0 Å². The first kappa shape index (κ1) is 18.2. The molecule has 2 heterocycles. The second-order valence-electron chi connectivity index (χ2n) is 8.17. The van der Waals surface area contributed by atoms with Crippen LogP contribution in [0.2, 0.25) is 0 Å². The molecule has 1 spiro atoms. The van der Waals surface area contributed by atoms with Crippen molar-refractivity contribution in [2.45, 2.75) is 62.4 Å². The molecule has 1 aromatic rings. The molecule has 4 rings (SSSR count). The molecule has 26 heavy (non-hydrogen) atoms. The minimum Gasteiger partial charge on any atom is -0.488 e. The predicted molar refractivity (Wildman–Crippen MR) is 99.4 cm³/mol. The SMILES string of the molecule is O[C@H](COC1CCCCC1)CN1CC2(CC(Oc3ccccc3)CO2)C1. The molecule has 3 fully saturated rings. The van der Waals surface area contributed by atoms with Gasteiger partial charge >= 0.3 is 0 Å². The average Bonchev–Trinajstić information content (AvgIpc) is 3.05. The first-order valence-corrected chi connectivity index (χ1v) is 10.1. The number of likely N-dealkylation sites (tertiary alicyclic amines) is 1. The first-order chi connectivity index (χ1) is 12.7. The summed E-state index contributed by atoms with van der Waals surface area (Å²) in [6.07, 6.45) is 7.14. The van der Waals surface area contributed by atoms with Crippen LogP contribution in [-0.4, -0.2) is 66.8 Å². The van der Waals surface area contributed by atoms with E-state index in [2.05, 4.69) is 4.90 Å². The smallest absolute Gasteiger partial charge is 0.125 e. The molecule has 2 saturated heterocycles. The number of hydrogen-bond donors (Lipinski definition) is 1. The van der Waals surface area contributed by atoms with E-state index in [-0.39, 0.29) is 11.7 Å². The number of aliphatic hydroxyl groups excluding tert-OH is 1. The molecule has 3 aliphatic rings. The molecule has 0 radical (unpaired) electrons. The van der Waals surface area contributed by atoms with Crippen LogP contribution in [-0.2, 0) is 9.47 Å². The summed E-state index contributed by atoms with van der Waals surface area (Å²) in [4.78, 5) is 2.26. The summed E-state index contributed by atoms with van der Waals surface area (Å²) in [6, 6.07) is 9.94. The number of nitrogens with zero attached hydrogens (tertiary/aromatic N) is 1. The highest BCUT2D eigenvalue weighted by Gasteiger charge is 2.50. The second kappa shape index (κ2) is 8.26. The molecule has 5 heteroatoms. The van der Waals surface area contributed by atoms with Crippen molar-refractivity contribution in [1.29, 1.82) is 0 Å². The van der Waals surface area contributed by atoms with Crippen molar-refractivity contribution >= 4 is 0 Å². The van der Waals surface area contributed by atoms with Crippen LogP contribution in [0.25, 0.3) is 0 Å². The summed E-state index contributed by atoms with van der Waals surface area (Å²) < 4.78 is 18.0. The van der Waals surface area contributed by atoms with Gasteiger partial charge in [-0.15, -0.1) is 0 Å². The van der Waals surface area contributed by atoms with Gasteiger partial charge in [0.2, 0.25) is 0 Å². The zero-order valence-corrected chi connectivity index (χ0v) is 15.5. The highest BCUT2D eigenvalue weighted by molar-refractivity contribution is 5.21. The number of rotatable bonds is 7. The van der Waals surface area contributed by atoms with E-state index in [0.717, 1.165) is 38.1 Å². The van der Waals surface area contributed by atoms with Crippen LogP contribution in [0.5, 0.6) is 5.75 Å². The zero-order valence-electron chi connectivity index (χ0n) is 15.5. The van der Waals surface area contributed by atoms with E-state index in [4.69, 9.17) is 14.2 Å². The standard InChI is InChI=1S/C21H31NO4/c23-17(13-24-18-7-3-1-4-8-18)12-22-15-21(16-22)11-20(14-25-21)26-19-9-5-2-6-10-19/h2,5-6,9-10,17-18,20,23H,1,3-4,7-8,11-16H2/t17-,20?/m0/s1. The molecule has 1 aliphatic carbocycles. The van der Waals surface area contributed by atoms with E-state index in [1.807, 2.05) is 30.3 Å². The summed E-state index contributed by atoms with van der Waals surface area (Å²) in [6.45, 7) is 3.52. The Labute approximate surface area is 156 Å². The molecular weight excluding hydrogens is 330 g/mol. The Morgan fingerprint density at radius 1 is 1.12 bits per heavy atom. The van der Waals surface area contributed by atoms with Gasteiger partial charge in [-0.2, -0.15) is 0 Å². The zero-order chi connectivity index (χ0) is 17.8. The van der Waals surface area contributed by atoms with Crippen LogP contribution in [0.4, 0.5) is 0 Å². The largest absolute Gasteiger partial charge is 0.488 e. The maximum Gasteiger partial charge on any atom is 0.125 e. The van der Waals surface area contributed by atoms with Gasteiger partial charge in [-0.25, -0.2) is 0 Å². The van der Waals surface area contributed by atoms with E-state index in [1.165, 1.54) is 19.3 Å². The van der Waals surface area contributed by atoms with E-state index in [0.29, 0.717) is 25.9 Å². The number of para-hydroxylation sites is 1. The third-order valence-corrected chi connectivity index (χ3v) is 5.79. The Hall–Kier alpha value is -1.14. The van der Waals surface area contributed by atoms with Crippen molar-refractivity contribution in [3.8, 4) is 5.75 Å². The van der Waals surface area contributed by atoms with E-state index in [1.54, 1.807) is 0 Å². The Bertz CT molecular complexity index is 554. The van der Waals surface area contributed by atoms with Crippen molar-refractivity contribution in [1.82, 2.24) is 4.90 Å². The molecule has 2 aliphatic heterocycles. The second-order valence-corrected chi connectivity index (χ2v) is 8.17. The number of aliphatic hydroxyl groups is 1. The van der Waals surface area contributed by atoms with Crippen LogP contribution in [0.3, 0.4) is 0 Å². The number of ether oxygens (including phenoxy) is 3. The molecular formula is C21H31NO4. The fraction of sp³-hybridized carbons (Fsp3) is 0.714.